The van der Waals surface area contributed by atoms with Gasteiger partial charge in [-0.15, -0.1) is 11.8 Å². The summed E-state index contributed by atoms with van der Waals surface area (Å²) >= 11 is 1.38. The molecule has 0 bridgehead atoms. The molecule has 2 amide bonds. The number of carboxylic acids is 1. The van der Waals surface area contributed by atoms with Gasteiger partial charge in [0, 0.05) is 4.75 Å². The van der Waals surface area contributed by atoms with Crippen molar-refractivity contribution >= 4 is 29.5 Å². The minimum Gasteiger partial charge on any atom is -0.548 e. The Kier molecular flexibility index (Phi) is 5.69. The first-order chi connectivity index (χ1) is 10.8. The van der Waals surface area contributed by atoms with E-state index < -0.39 is 22.8 Å². The molecule has 0 unspecified atom stereocenters. The smallest absolute Gasteiger partial charge is 0.548 e. The molecule has 0 spiro atoms. The Morgan fingerprint density at radius 2 is 1.92 bits per heavy atom. The number of carbonyl (C=O) groups excluding carboxylic acids is 3. The number of fused-ring (bicyclic) bond motifs is 1. The Balaban J connectivity index is 0.00000208. The summed E-state index contributed by atoms with van der Waals surface area (Å²) in [5, 5.41) is 13.7. The van der Waals surface area contributed by atoms with Crippen LogP contribution in [0.3, 0.4) is 0 Å². The summed E-state index contributed by atoms with van der Waals surface area (Å²) in [4.78, 5) is 37.0. The third-order valence-corrected chi connectivity index (χ3v) is 5.76. The van der Waals surface area contributed by atoms with Crippen molar-refractivity contribution < 1.29 is 49.0 Å². The van der Waals surface area contributed by atoms with E-state index in [2.05, 4.69) is 5.32 Å². The van der Waals surface area contributed by atoms with E-state index in [0.717, 1.165) is 5.56 Å². The molecule has 0 radical (unpaired) electrons. The average Bonchev–Trinajstić information content (AvgIpc) is 2.74. The quantitative estimate of drug-likeness (QED) is 0.447. The first-order valence-corrected chi connectivity index (χ1v) is 8.23. The maximum absolute atomic E-state index is 12.2. The molecular weight excluding hydrogens is 339 g/mol. The monoisotopic (exact) mass is 356 g/mol. The van der Waals surface area contributed by atoms with Crippen molar-refractivity contribution in [2.24, 2.45) is 0 Å². The first-order valence-electron chi connectivity index (χ1n) is 7.35. The molecule has 1 aromatic carbocycles. The Morgan fingerprint density at radius 3 is 2.50 bits per heavy atom. The molecule has 1 aromatic rings. The van der Waals surface area contributed by atoms with Crippen molar-refractivity contribution in [1.82, 2.24) is 10.2 Å². The van der Waals surface area contributed by atoms with Gasteiger partial charge in [-0.1, -0.05) is 30.3 Å². The van der Waals surface area contributed by atoms with E-state index in [9.17, 15) is 19.5 Å². The van der Waals surface area contributed by atoms with E-state index in [1.165, 1.54) is 16.7 Å². The Labute approximate surface area is 166 Å². The normalized spacial score (nSPS) is 26.8. The van der Waals surface area contributed by atoms with Gasteiger partial charge in [-0.3, -0.25) is 9.59 Å². The second-order valence-corrected chi connectivity index (χ2v) is 8.06. The van der Waals surface area contributed by atoms with Crippen molar-refractivity contribution in [1.29, 1.82) is 0 Å². The number of hydrogen-bond donors (Lipinski definition) is 1. The Bertz CT molecular complexity index is 667. The molecule has 0 aliphatic carbocycles. The molecule has 122 valence electrons. The number of carbonyl (C=O) groups is 3. The van der Waals surface area contributed by atoms with Gasteiger partial charge in [0.05, 0.1) is 18.4 Å². The fraction of sp³-hybridized carbons (Fsp3) is 0.438. The third kappa shape index (κ3) is 3.35. The van der Waals surface area contributed by atoms with Crippen molar-refractivity contribution in [3.63, 3.8) is 0 Å². The minimum atomic E-state index is -1.26. The van der Waals surface area contributed by atoms with Crippen molar-refractivity contribution in [2.45, 2.75) is 42.5 Å². The molecule has 0 saturated carbocycles. The average molecular weight is 356 g/mol. The number of amides is 2. The van der Waals surface area contributed by atoms with E-state index >= 15 is 0 Å². The molecule has 3 atom stereocenters. The molecule has 1 N–H and O–H groups in total. The zero-order valence-electron chi connectivity index (χ0n) is 13.8. The minimum absolute atomic E-state index is 0. The number of β-lactam (4-membered cyclic amide) rings is 1. The van der Waals surface area contributed by atoms with Crippen molar-refractivity contribution in [2.75, 3.05) is 0 Å². The van der Waals surface area contributed by atoms with E-state index in [4.69, 9.17) is 0 Å². The standard InChI is InChI=1S/C16H18N2O4S.Na/c1-16(2)12(15(21)22)18-13(20)11(14(18)23-16)17-10(19)8-9-6-4-3-5-7-9;/h3-7,11-12,14H,8H2,1-2H3,(H,17,19)(H,21,22);/q;+1/p-1/t11-,12-,14+;/m0./s1. The van der Waals surface area contributed by atoms with Crippen LogP contribution in [0.2, 0.25) is 0 Å². The molecule has 2 fully saturated rings. The van der Waals surface area contributed by atoms with Crippen LogP contribution in [0.4, 0.5) is 0 Å². The van der Waals surface area contributed by atoms with Crippen LogP contribution in [0.25, 0.3) is 0 Å². The first kappa shape index (κ1) is 19.3. The van der Waals surface area contributed by atoms with Crippen LogP contribution in [0, 0.1) is 0 Å². The fourth-order valence-electron chi connectivity index (χ4n) is 3.13. The van der Waals surface area contributed by atoms with Crippen LogP contribution < -0.4 is 40.0 Å². The zero-order chi connectivity index (χ0) is 16.8. The largest absolute Gasteiger partial charge is 1.00 e. The maximum Gasteiger partial charge on any atom is 1.00 e. The van der Waals surface area contributed by atoms with Crippen LogP contribution in [-0.2, 0) is 20.8 Å². The summed E-state index contributed by atoms with van der Waals surface area (Å²) in [5.41, 5.74) is 0.862. The van der Waals surface area contributed by atoms with Gasteiger partial charge in [0.15, 0.2) is 0 Å². The molecule has 2 saturated heterocycles. The van der Waals surface area contributed by atoms with Crippen LogP contribution in [0.15, 0.2) is 30.3 Å². The SMILES string of the molecule is CC1(C)S[C@@H]2[C@@H](NC(=O)Cc3ccccc3)C(=O)N2[C@H]1C(=O)[O-].[Na+]. The number of hydrogen-bond acceptors (Lipinski definition) is 5. The zero-order valence-corrected chi connectivity index (χ0v) is 16.6. The van der Waals surface area contributed by atoms with Gasteiger partial charge in [-0.25, -0.2) is 0 Å². The summed E-state index contributed by atoms with van der Waals surface area (Å²) in [6.45, 7) is 3.54. The van der Waals surface area contributed by atoms with Gasteiger partial charge in [-0.2, -0.15) is 0 Å². The van der Waals surface area contributed by atoms with Gasteiger partial charge in [0.2, 0.25) is 11.8 Å². The summed E-state index contributed by atoms with van der Waals surface area (Å²) < 4.78 is -0.641. The summed E-state index contributed by atoms with van der Waals surface area (Å²) in [6.07, 6.45) is 0.190. The molecule has 2 aliphatic heterocycles. The molecule has 24 heavy (non-hydrogen) atoms. The van der Waals surface area contributed by atoms with Crippen LogP contribution in [0.1, 0.15) is 19.4 Å². The van der Waals surface area contributed by atoms with Crippen LogP contribution in [0.5, 0.6) is 0 Å². The predicted octanol–water partition coefficient (Wildman–Crippen LogP) is -3.47. The second kappa shape index (κ2) is 7.07. The fourth-order valence-corrected chi connectivity index (χ4v) is 4.75. The Hall–Kier alpha value is -1.02. The topological polar surface area (TPSA) is 89.5 Å². The van der Waals surface area contributed by atoms with Gasteiger partial charge in [0.1, 0.15) is 11.4 Å². The van der Waals surface area contributed by atoms with Crippen molar-refractivity contribution in [3.8, 4) is 0 Å². The van der Waals surface area contributed by atoms with E-state index in [-0.39, 0.29) is 53.2 Å². The molecule has 8 heteroatoms. The number of carboxylic acid groups (broad SMARTS) is 1. The predicted molar refractivity (Wildman–Crippen MR) is 83.2 cm³/mol. The molecule has 2 aliphatic rings. The van der Waals surface area contributed by atoms with E-state index in [1.54, 1.807) is 13.8 Å². The molecule has 3 rings (SSSR count). The number of aliphatic carboxylic acids is 1. The van der Waals surface area contributed by atoms with Crippen LogP contribution in [-0.4, -0.2) is 44.9 Å². The molecule has 6 nitrogen and oxygen atoms in total. The summed E-state index contributed by atoms with van der Waals surface area (Å²) in [7, 11) is 0. The van der Waals surface area contributed by atoms with Gasteiger partial charge in [-0.05, 0) is 19.4 Å². The second-order valence-electron chi connectivity index (χ2n) is 6.29. The molecule has 2 heterocycles. The van der Waals surface area contributed by atoms with Gasteiger partial charge < -0.3 is 20.1 Å². The third-order valence-electron chi connectivity index (χ3n) is 4.19. The van der Waals surface area contributed by atoms with Gasteiger partial charge in [0.25, 0.3) is 0 Å². The van der Waals surface area contributed by atoms with Crippen molar-refractivity contribution in [3.05, 3.63) is 35.9 Å². The summed E-state index contributed by atoms with van der Waals surface area (Å²) in [6, 6.07) is 7.61. The Morgan fingerprint density at radius 1 is 1.29 bits per heavy atom. The van der Waals surface area contributed by atoms with E-state index in [0.29, 0.717) is 0 Å². The maximum atomic E-state index is 12.2. The number of thioether (sulfide) groups is 1. The number of rotatable bonds is 4. The summed E-state index contributed by atoms with van der Waals surface area (Å²) in [5.74, 6) is -1.86. The number of benzene rings is 1. The number of nitrogens with one attached hydrogen (secondary N) is 1. The van der Waals surface area contributed by atoms with Gasteiger partial charge >= 0.3 is 29.6 Å². The molecular formula is C16H17N2NaO4S. The van der Waals surface area contributed by atoms with E-state index in [1.807, 2.05) is 30.3 Å². The number of nitrogens with zero attached hydrogens (tertiary/aromatic N) is 1. The van der Waals surface area contributed by atoms with Crippen LogP contribution >= 0.6 is 11.8 Å². The molecule has 0 aromatic heterocycles.